The van der Waals surface area contributed by atoms with Crippen molar-refractivity contribution in [2.45, 2.75) is 50.5 Å². The summed E-state index contributed by atoms with van der Waals surface area (Å²) in [5.41, 5.74) is 4.37. The van der Waals surface area contributed by atoms with Gasteiger partial charge in [0.05, 0.1) is 0 Å². The van der Waals surface area contributed by atoms with E-state index in [9.17, 15) is 9.59 Å². The number of amides is 2. The van der Waals surface area contributed by atoms with Gasteiger partial charge in [0.25, 0.3) is 5.91 Å². The van der Waals surface area contributed by atoms with E-state index in [0.717, 1.165) is 45.2 Å². The predicted molar refractivity (Wildman–Crippen MR) is 62.3 cm³/mol. The molecule has 1 heterocycles. The number of ether oxygens (including phenoxy) is 1. The van der Waals surface area contributed by atoms with E-state index in [2.05, 4.69) is 0 Å². The van der Waals surface area contributed by atoms with Crippen LogP contribution in [0.1, 0.15) is 44.9 Å². The Kier molecular flexibility index (Phi) is 3.54. The average molecular weight is 240 g/mol. The first-order valence-corrected chi connectivity index (χ1v) is 6.42. The lowest BCUT2D eigenvalue weighted by Gasteiger charge is -2.34. The molecule has 0 aromatic rings. The standard InChI is InChI=1S/C12H20N2O3/c13-10(15)12(6-2-1-3-7-12)17-11(16)14-8-4-5-9-14/h1-9H2,(H2,13,15). The van der Waals surface area contributed by atoms with E-state index in [1.54, 1.807) is 4.90 Å². The van der Waals surface area contributed by atoms with Crippen LogP contribution in [0.3, 0.4) is 0 Å². The Morgan fingerprint density at radius 2 is 1.59 bits per heavy atom. The van der Waals surface area contributed by atoms with Crippen molar-refractivity contribution >= 4 is 12.0 Å². The molecule has 5 nitrogen and oxygen atoms in total. The first-order chi connectivity index (χ1) is 8.14. The zero-order valence-electron chi connectivity index (χ0n) is 10.1. The van der Waals surface area contributed by atoms with Crippen LogP contribution in [0.4, 0.5) is 4.79 Å². The Morgan fingerprint density at radius 3 is 2.12 bits per heavy atom. The number of rotatable bonds is 2. The molecule has 1 aliphatic carbocycles. The fourth-order valence-corrected chi connectivity index (χ4v) is 2.65. The summed E-state index contributed by atoms with van der Waals surface area (Å²) in [4.78, 5) is 25.1. The highest BCUT2D eigenvalue weighted by atomic mass is 16.6. The molecule has 2 amide bonds. The van der Waals surface area contributed by atoms with Crippen molar-refractivity contribution in [1.29, 1.82) is 0 Å². The fourth-order valence-electron chi connectivity index (χ4n) is 2.65. The maximum absolute atomic E-state index is 11.9. The molecule has 1 saturated carbocycles. The zero-order chi connectivity index (χ0) is 12.3. The first kappa shape index (κ1) is 12.2. The van der Waals surface area contributed by atoms with Crippen LogP contribution in [-0.4, -0.2) is 35.6 Å². The number of nitrogens with two attached hydrogens (primary N) is 1. The molecule has 5 heteroatoms. The normalized spacial score (nSPS) is 23.4. The lowest BCUT2D eigenvalue weighted by atomic mass is 9.84. The van der Waals surface area contributed by atoms with Crippen LogP contribution < -0.4 is 5.73 Å². The van der Waals surface area contributed by atoms with Gasteiger partial charge in [-0.2, -0.15) is 0 Å². The summed E-state index contributed by atoms with van der Waals surface area (Å²) in [7, 11) is 0. The minimum Gasteiger partial charge on any atom is -0.433 e. The van der Waals surface area contributed by atoms with Crippen molar-refractivity contribution in [2.24, 2.45) is 5.73 Å². The second-order valence-corrected chi connectivity index (χ2v) is 4.98. The van der Waals surface area contributed by atoms with Crippen molar-refractivity contribution in [1.82, 2.24) is 4.90 Å². The van der Waals surface area contributed by atoms with Crippen molar-refractivity contribution in [2.75, 3.05) is 13.1 Å². The molecule has 0 aromatic heterocycles. The monoisotopic (exact) mass is 240 g/mol. The molecule has 0 unspecified atom stereocenters. The summed E-state index contributed by atoms with van der Waals surface area (Å²) in [5.74, 6) is -0.496. The van der Waals surface area contributed by atoms with Crippen LogP contribution >= 0.6 is 0 Å². The number of likely N-dealkylation sites (tertiary alicyclic amines) is 1. The van der Waals surface area contributed by atoms with Crippen LogP contribution in [0.15, 0.2) is 0 Å². The van der Waals surface area contributed by atoms with Crippen LogP contribution in [0, 0.1) is 0 Å². The van der Waals surface area contributed by atoms with Gasteiger partial charge >= 0.3 is 6.09 Å². The summed E-state index contributed by atoms with van der Waals surface area (Å²) in [6.45, 7) is 1.46. The van der Waals surface area contributed by atoms with Gasteiger partial charge in [0, 0.05) is 13.1 Å². The smallest absolute Gasteiger partial charge is 0.410 e. The van der Waals surface area contributed by atoms with Gasteiger partial charge in [-0.05, 0) is 38.5 Å². The molecule has 1 aliphatic heterocycles. The summed E-state index contributed by atoms with van der Waals surface area (Å²) >= 11 is 0. The third-order valence-electron chi connectivity index (χ3n) is 3.76. The molecule has 0 spiro atoms. The molecule has 96 valence electrons. The van der Waals surface area contributed by atoms with Gasteiger partial charge in [0.15, 0.2) is 5.60 Å². The van der Waals surface area contributed by atoms with E-state index in [1.807, 2.05) is 0 Å². The van der Waals surface area contributed by atoms with Crippen molar-refractivity contribution in [3.8, 4) is 0 Å². The number of carbonyl (C=O) groups is 2. The summed E-state index contributed by atoms with van der Waals surface area (Å²) in [6, 6.07) is 0. The largest absolute Gasteiger partial charge is 0.433 e. The molecule has 1 saturated heterocycles. The van der Waals surface area contributed by atoms with Crippen LogP contribution in [-0.2, 0) is 9.53 Å². The Bertz CT molecular complexity index is 305. The minimum absolute atomic E-state index is 0.372. The molecule has 0 radical (unpaired) electrons. The topological polar surface area (TPSA) is 72.6 Å². The highest BCUT2D eigenvalue weighted by Crippen LogP contribution is 2.32. The zero-order valence-corrected chi connectivity index (χ0v) is 10.1. The number of nitrogens with zero attached hydrogens (tertiary/aromatic N) is 1. The summed E-state index contributed by atoms with van der Waals surface area (Å²) in [5, 5.41) is 0. The highest BCUT2D eigenvalue weighted by Gasteiger charge is 2.42. The molecular weight excluding hydrogens is 220 g/mol. The number of carbonyl (C=O) groups excluding carboxylic acids is 2. The minimum atomic E-state index is -1.04. The van der Waals surface area contributed by atoms with Crippen molar-refractivity contribution < 1.29 is 14.3 Å². The second kappa shape index (κ2) is 4.94. The molecule has 2 rings (SSSR count). The lowest BCUT2D eigenvalue weighted by molar-refractivity contribution is -0.141. The molecule has 17 heavy (non-hydrogen) atoms. The Balaban J connectivity index is 2.01. The van der Waals surface area contributed by atoms with E-state index >= 15 is 0 Å². The third-order valence-corrected chi connectivity index (χ3v) is 3.76. The van der Waals surface area contributed by atoms with Crippen LogP contribution in [0.2, 0.25) is 0 Å². The average Bonchev–Trinajstić information content (AvgIpc) is 2.83. The van der Waals surface area contributed by atoms with Crippen LogP contribution in [0.25, 0.3) is 0 Å². The Hall–Kier alpha value is -1.26. The van der Waals surface area contributed by atoms with E-state index in [-0.39, 0.29) is 6.09 Å². The van der Waals surface area contributed by atoms with E-state index < -0.39 is 11.5 Å². The van der Waals surface area contributed by atoms with E-state index in [4.69, 9.17) is 10.5 Å². The van der Waals surface area contributed by atoms with Gasteiger partial charge in [-0.1, -0.05) is 6.42 Å². The third kappa shape index (κ3) is 2.53. The number of primary amides is 1. The number of hydrogen-bond acceptors (Lipinski definition) is 3. The number of hydrogen-bond donors (Lipinski definition) is 1. The van der Waals surface area contributed by atoms with Gasteiger partial charge in [-0.15, -0.1) is 0 Å². The van der Waals surface area contributed by atoms with Gasteiger partial charge in [0.1, 0.15) is 0 Å². The molecule has 0 aromatic carbocycles. The van der Waals surface area contributed by atoms with Crippen molar-refractivity contribution in [3.63, 3.8) is 0 Å². The molecule has 0 atom stereocenters. The SMILES string of the molecule is NC(=O)C1(OC(=O)N2CCCC2)CCCCC1. The van der Waals surface area contributed by atoms with Gasteiger partial charge in [0.2, 0.25) is 0 Å². The van der Waals surface area contributed by atoms with Gasteiger partial charge in [-0.25, -0.2) is 4.79 Å². The quantitative estimate of drug-likeness (QED) is 0.793. The Morgan fingerprint density at radius 1 is 1.00 bits per heavy atom. The first-order valence-electron chi connectivity index (χ1n) is 6.42. The van der Waals surface area contributed by atoms with Crippen molar-refractivity contribution in [3.05, 3.63) is 0 Å². The summed E-state index contributed by atoms with van der Waals surface area (Å²) < 4.78 is 5.44. The summed E-state index contributed by atoms with van der Waals surface area (Å²) in [6.07, 6.45) is 5.67. The van der Waals surface area contributed by atoms with Gasteiger partial charge < -0.3 is 15.4 Å². The molecule has 2 N–H and O–H groups in total. The van der Waals surface area contributed by atoms with Gasteiger partial charge in [-0.3, -0.25) is 4.79 Å². The molecule has 0 bridgehead atoms. The Labute approximate surface area is 101 Å². The second-order valence-electron chi connectivity index (χ2n) is 4.98. The fraction of sp³-hybridized carbons (Fsp3) is 0.833. The highest BCUT2D eigenvalue weighted by molar-refractivity contribution is 5.86. The molecule has 2 fully saturated rings. The molecule has 2 aliphatic rings. The predicted octanol–water partition coefficient (Wildman–Crippen LogP) is 1.41. The van der Waals surface area contributed by atoms with Crippen LogP contribution in [0.5, 0.6) is 0 Å². The van der Waals surface area contributed by atoms with E-state index in [0.29, 0.717) is 12.8 Å². The van der Waals surface area contributed by atoms with E-state index in [1.165, 1.54) is 0 Å². The maximum Gasteiger partial charge on any atom is 0.410 e. The maximum atomic E-state index is 11.9. The molecular formula is C12H20N2O3. The lowest BCUT2D eigenvalue weighted by Crippen LogP contribution is -2.51.